The standard InChI is InChI=1S/C26H30N2O4/c1-17-11-13-21(16-18(17)2)28(26(30)23-10-7-15-31-23)24(22-14-12-19(3)32-22)25(29)27-20-8-5-4-6-9-20/h7,10-16,20,24H,4-6,8-9H2,1-3H3,(H,27,29)/t24-/m0/s1. The van der Waals surface area contributed by atoms with E-state index in [1.165, 1.54) is 17.6 Å². The molecule has 0 radical (unpaired) electrons. The van der Waals surface area contributed by atoms with Gasteiger partial charge in [0, 0.05) is 11.7 Å². The van der Waals surface area contributed by atoms with Crippen LogP contribution in [0.25, 0.3) is 0 Å². The molecular weight excluding hydrogens is 404 g/mol. The van der Waals surface area contributed by atoms with E-state index in [1.807, 2.05) is 45.0 Å². The molecule has 168 valence electrons. The lowest BCUT2D eigenvalue weighted by molar-refractivity contribution is -0.123. The second-order valence-electron chi connectivity index (χ2n) is 8.62. The number of nitrogens with zero attached hydrogens (tertiary/aromatic N) is 1. The first-order valence-electron chi connectivity index (χ1n) is 11.2. The first kappa shape index (κ1) is 21.9. The number of carbonyl (C=O) groups is 2. The first-order chi connectivity index (χ1) is 15.4. The van der Waals surface area contributed by atoms with E-state index in [2.05, 4.69) is 5.32 Å². The van der Waals surface area contributed by atoms with Gasteiger partial charge in [0.1, 0.15) is 11.5 Å². The molecule has 0 spiro atoms. The third-order valence-electron chi connectivity index (χ3n) is 6.21. The lowest BCUT2D eigenvalue weighted by Crippen LogP contribution is -2.47. The normalized spacial score (nSPS) is 15.3. The molecule has 4 rings (SSSR count). The molecule has 1 saturated carbocycles. The van der Waals surface area contributed by atoms with Crippen LogP contribution in [0.1, 0.15) is 71.3 Å². The topological polar surface area (TPSA) is 75.7 Å². The number of amides is 2. The number of furan rings is 2. The minimum absolute atomic E-state index is 0.107. The van der Waals surface area contributed by atoms with E-state index in [1.54, 1.807) is 18.2 Å². The summed E-state index contributed by atoms with van der Waals surface area (Å²) in [5.74, 6) is 0.636. The fourth-order valence-electron chi connectivity index (χ4n) is 4.28. The molecule has 1 atom stereocenters. The van der Waals surface area contributed by atoms with Gasteiger partial charge in [0.2, 0.25) is 0 Å². The van der Waals surface area contributed by atoms with E-state index < -0.39 is 11.9 Å². The van der Waals surface area contributed by atoms with Crippen LogP contribution < -0.4 is 10.2 Å². The highest BCUT2D eigenvalue weighted by Gasteiger charge is 2.37. The van der Waals surface area contributed by atoms with Crippen molar-refractivity contribution in [1.29, 1.82) is 0 Å². The van der Waals surface area contributed by atoms with E-state index in [9.17, 15) is 9.59 Å². The second kappa shape index (κ2) is 9.47. The van der Waals surface area contributed by atoms with Crippen molar-refractivity contribution in [2.45, 2.75) is 65.0 Å². The van der Waals surface area contributed by atoms with E-state index in [-0.39, 0.29) is 17.7 Å². The summed E-state index contributed by atoms with van der Waals surface area (Å²) in [5.41, 5.74) is 2.75. The Hall–Kier alpha value is -3.28. The fourth-order valence-corrected chi connectivity index (χ4v) is 4.28. The van der Waals surface area contributed by atoms with E-state index in [0.29, 0.717) is 17.2 Å². The van der Waals surface area contributed by atoms with Crippen molar-refractivity contribution in [3.05, 3.63) is 77.1 Å². The Morgan fingerprint density at radius 2 is 1.78 bits per heavy atom. The molecule has 2 amide bonds. The smallest absolute Gasteiger partial charge is 0.295 e. The van der Waals surface area contributed by atoms with E-state index in [4.69, 9.17) is 8.83 Å². The molecule has 0 aliphatic heterocycles. The van der Waals surface area contributed by atoms with Gasteiger partial charge in [0.05, 0.1) is 6.26 Å². The summed E-state index contributed by atoms with van der Waals surface area (Å²) in [7, 11) is 0. The van der Waals surface area contributed by atoms with Gasteiger partial charge in [-0.25, -0.2) is 0 Å². The summed E-state index contributed by atoms with van der Waals surface area (Å²) in [6, 6.07) is 11.7. The van der Waals surface area contributed by atoms with Crippen LogP contribution in [0, 0.1) is 20.8 Å². The molecule has 1 N–H and O–H groups in total. The molecular formula is C26H30N2O4. The fraction of sp³-hybridized carbons (Fsp3) is 0.385. The van der Waals surface area contributed by atoms with Gasteiger partial charge in [-0.3, -0.25) is 14.5 Å². The maximum Gasteiger partial charge on any atom is 0.295 e. The Morgan fingerprint density at radius 3 is 2.41 bits per heavy atom. The van der Waals surface area contributed by atoms with Crippen LogP contribution in [0.2, 0.25) is 0 Å². The Labute approximate surface area is 188 Å². The largest absolute Gasteiger partial charge is 0.464 e. The molecule has 1 aliphatic rings. The van der Waals surface area contributed by atoms with E-state index in [0.717, 1.165) is 36.8 Å². The zero-order valence-corrected chi connectivity index (χ0v) is 18.9. The summed E-state index contributed by atoms with van der Waals surface area (Å²) in [4.78, 5) is 28.8. The monoisotopic (exact) mass is 434 g/mol. The highest BCUT2D eigenvalue weighted by Crippen LogP contribution is 2.32. The molecule has 6 nitrogen and oxygen atoms in total. The average molecular weight is 435 g/mol. The number of hydrogen-bond donors (Lipinski definition) is 1. The van der Waals surface area contributed by atoms with Gasteiger partial charge in [0.25, 0.3) is 11.8 Å². The molecule has 1 fully saturated rings. The summed E-state index contributed by atoms with van der Waals surface area (Å²) in [5, 5.41) is 3.18. The molecule has 1 aliphatic carbocycles. The van der Waals surface area contributed by atoms with Crippen LogP contribution >= 0.6 is 0 Å². The van der Waals surface area contributed by atoms with Crippen LogP contribution in [-0.4, -0.2) is 17.9 Å². The molecule has 0 unspecified atom stereocenters. The zero-order valence-electron chi connectivity index (χ0n) is 18.9. The van der Waals surface area contributed by atoms with Gasteiger partial charge in [-0.1, -0.05) is 25.3 Å². The van der Waals surface area contributed by atoms with Crippen LogP contribution in [0.4, 0.5) is 5.69 Å². The molecule has 1 aromatic carbocycles. The Kier molecular flexibility index (Phi) is 6.49. The van der Waals surface area contributed by atoms with Gasteiger partial charge in [-0.05, 0) is 81.1 Å². The third kappa shape index (κ3) is 4.64. The number of benzene rings is 1. The number of rotatable bonds is 6. The maximum absolute atomic E-state index is 13.7. The Bertz CT molecular complexity index is 1080. The van der Waals surface area contributed by atoms with Crippen molar-refractivity contribution >= 4 is 17.5 Å². The molecule has 6 heteroatoms. The summed E-state index contributed by atoms with van der Waals surface area (Å²) < 4.78 is 11.3. The lowest BCUT2D eigenvalue weighted by atomic mass is 9.95. The summed E-state index contributed by atoms with van der Waals surface area (Å²) >= 11 is 0. The summed E-state index contributed by atoms with van der Waals surface area (Å²) in [6.45, 7) is 5.83. The van der Waals surface area contributed by atoms with E-state index >= 15 is 0 Å². The third-order valence-corrected chi connectivity index (χ3v) is 6.21. The van der Waals surface area contributed by atoms with Crippen LogP contribution in [0.3, 0.4) is 0 Å². The predicted octanol–water partition coefficient (Wildman–Crippen LogP) is 5.63. The van der Waals surface area contributed by atoms with Crippen molar-refractivity contribution < 1.29 is 18.4 Å². The lowest BCUT2D eigenvalue weighted by Gasteiger charge is -2.32. The van der Waals surface area contributed by atoms with Crippen molar-refractivity contribution in [1.82, 2.24) is 5.32 Å². The highest BCUT2D eigenvalue weighted by molar-refractivity contribution is 6.08. The minimum Gasteiger partial charge on any atom is -0.464 e. The predicted molar refractivity (Wildman–Crippen MR) is 123 cm³/mol. The SMILES string of the molecule is Cc1ccc([C@@H](C(=O)NC2CCCCC2)N(C(=O)c2ccco2)c2ccc(C)c(C)c2)o1. The van der Waals surface area contributed by atoms with Crippen molar-refractivity contribution in [2.75, 3.05) is 4.90 Å². The first-order valence-corrected chi connectivity index (χ1v) is 11.2. The number of hydrogen-bond acceptors (Lipinski definition) is 4. The minimum atomic E-state index is -0.953. The van der Waals surface area contributed by atoms with Crippen molar-refractivity contribution in [3.63, 3.8) is 0 Å². The molecule has 2 heterocycles. The zero-order chi connectivity index (χ0) is 22.7. The number of nitrogens with one attached hydrogen (secondary N) is 1. The number of aryl methyl sites for hydroxylation is 3. The van der Waals surface area contributed by atoms with Gasteiger partial charge < -0.3 is 14.2 Å². The summed E-state index contributed by atoms with van der Waals surface area (Å²) in [6.07, 6.45) is 6.75. The van der Waals surface area contributed by atoms with Crippen molar-refractivity contribution in [2.24, 2.45) is 0 Å². The van der Waals surface area contributed by atoms with Gasteiger partial charge in [-0.2, -0.15) is 0 Å². The molecule has 32 heavy (non-hydrogen) atoms. The van der Waals surface area contributed by atoms with Gasteiger partial charge >= 0.3 is 0 Å². The van der Waals surface area contributed by atoms with Crippen LogP contribution in [0.5, 0.6) is 0 Å². The van der Waals surface area contributed by atoms with Crippen LogP contribution in [-0.2, 0) is 4.79 Å². The van der Waals surface area contributed by atoms with Gasteiger partial charge in [-0.15, -0.1) is 0 Å². The molecule has 3 aromatic rings. The quantitative estimate of drug-likeness (QED) is 0.545. The molecule has 0 bridgehead atoms. The Morgan fingerprint density at radius 1 is 1.00 bits per heavy atom. The van der Waals surface area contributed by atoms with Crippen LogP contribution in [0.15, 0.2) is 57.6 Å². The van der Waals surface area contributed by atoms with Crippen molar-refractivity contribution in [3.8, 4) is 0 Å². The molecule has 0 saturated heterocycles. The highest BCUT2D eigenvalue weighted by atomic mass is 16.3. The maximum atomic E-state index is 13.7. The molecule has 2 aromatic heterocycles. The average Bonchev–Trinajstić information content (AvgIpc) is 3.46. The Balaban J connectivity index is 1.78. The second-order valence-corrected chi connectivity index (χ2v) is 8.62. The van der Waals surface area contributed by atoms with Gasteiger partial charge in [0.15, 0.2) is 11.8 Å². The number of carbonyl (C=O) groups excluding carboxylic acids is 2. The number of anilines is 1.